The molecule has 4 heterocycles. The summed E-state index contributed by atoms with van der Waals surface area (Å²) in [7, 11) is 0. The topological polar surface area (TPSA) is 95.4 Å². The first-order valence-electron chi connectivity index (χ1n) is 32.8. The van der Waals surface area contributed by atoms with Crippen molar-refractivity contribution in [3.63, 3.8) is 0 Å². The molecule has 0 fully saturated rings. The Hall–Kier alpha value is -8.62. The van der Waals surface area contributed by atoms with Gasteiger partial charge < -0.3 is 8.98 Å². The van der Waals surface area contributed by atoms with Gasteiger partial charge in [0.05, 0.1) is 22.1 Å². The molecule has 0 radical (unpaired) electrons. The lowest BCUT2D eigenvalue weighted by atomic mass is 9.84. The van der Waals surface area contributed by atoms with E-state index in [-0.39, 0.29) is 5.41 Å². The van der Waals surface area contributed by atoms with E-state index in [2.05, 4.69) is 219 Å². The van der Waals surface area contributed by atoms with Crippen molar-refractivity contribution in [2.45, 2.75) is 171 Å². The van der Waals surface area contributed by atoms with Crippen molar-refractivity contribution in [2.24, 2.45) is 0 Å². The molecule has 0 atom stereocenters. The van der Waals surface area contributed by atoms with Gasteiger partial charge in [0.25, 0.3) is 0 Å². The Labute approximate surface area is 521 Å². The highest BCUT2D eigenvalue weighted by atomic mass is 16.3. The highest BCUT2D eigenvalue weighted by Gasteiger charge is 2.26. The minimum atomic E-state index is -0.116. The molecule has 8 nitrogen and oxygen atoms in total. The molecule has 0 aliphatic carbocycles. The Kier molecular flexibility index (Phi) is 17.6. The third-order valence-electron chi connectivity index (χ3n) is 17.5. The summed E-state index contributed by atoms with van der Waals surface area (Å²) in [6.07, 6.45) is 16.0. The zero-order valence-corrected chi connectivity index (χ0v) is 53.6. The first-order chi connectivity index (χ1) is 42.8. The second kappa shape index (κ2) is 26.0. The lowest BCUT2D eigenvalue weighted by Gasteiger charge is -2.21. The fourth-order valence-electron chi connectivity index (χ4n) is 12.8. The molecule has 8 aromatic carbocycles. The van der Waals surface area contributed by atoms with Crippen molar-refractivity contribution in [1.82, 2.24) is 34.5 Å². The predicted octanol–water partition coefficient (Wildman–Crippen LogP) is 21.7. The number of aromatic nitrogens is 7. The highest BCUT2D eigenvalue weighted by Crippen LogP contribution is 2.44. The van der Waals surface area contributed by atoms with Gasteiger partial charge in [-0.2, -0.15) is 0 Å². The van der Waals surface area contributed by atoms with Gasteiger partial charge in [0.1, 0.15) is 11.2 Å². The Bertz CT molecular complexity index is 4490. The molecule has 0 N–H and O–H groups in total. The average Bonchev–Trinajstić information content (AvgIpc) is 2.16. The monoisotopic (exact) mass is 1160 g/mol. The maximum Gasteiger partial charge on any atom is 0.166 e. The van der Waals surface area contributed by atoms with Gasteiger partial charge in [-0.05, 0) is 208 Å². The van der Waals surface area contributed by atoms with Gasteiger partial charge >= 0.3 is 0 Å². The first kappa shape index (κ1) is 59.7. The molecule has 0 aliphatic heterocycles. The molecule has 0 spiro atoms. The summed E-state index contributed by atoms with van der Waals surface area (Å²) in [6, 6.07) is 55.9. The van der Waals surface area contributed by atoms with Crippen LogP contribution < -0.4 is 0 Å². The maximum absolute atomic E-state index is 6.87. The number of para-hydroxylation sites is 2. The second-order valence-corrected chi connectivity index (χ2v) is 25.8. The molecule has 8 heteroatoms. The largest absolute Gasteiger partial charge is 0.455 e. The Morgan fingerprint density at radius 3 is 1.34 bits per heavy atom. The van der Waals surface area contributed by atoms with Crippen molar-refractivity contribution in [1.29, 1.82) is 0 Å². The van der Waals surface area contributed by atoms with E-state index in [0.717, 1.165) is 179 Å². The summed E-state index contributed by atoms with van der Waals surface area (Å²) in [4.78, 5) is 33.5. The van der Waals surface area contributed by atoms with Crippen molar-refractivity contribution in [3.05, 3.63) is 196 Å². The third-order valence-corrected chi connectivity index (χ3v) is 17.5. The van der Waals surface area contributed by atoms with Crippen LogP contribution in [0.4, 0.5) is 0 Å². The zero-order valence-electron chi connectivity index (χ0n) is 53.6. The van der Waals surface area contributed by atoms with Gasteiger partial charge in [-0.3, -0.25) is 0 Å². The standard InChI is InChI=1S/C80H85N7O/c1-11-16-25-53-38-51(6)40-59(43-53)75-81-74(82-77(83-75)61-45-55(27-18-13-3)42-56(46-61)28-19-14-4)58-34-36-69(87-68-32-23-21-31-66(68)72-70(87)37-35-65-64-30-22-24-33-71(64)88-73(65)72)67(50-58)79-85-76(60-41-52(7)39-54(44-60)26-17-12-2)84-78(86-79)62-47-57(29-20-15-5)48-63(49-62)80(8,9)10/h21-24,30-50H,11-20,25-29H2,1-10H3. The van der Waals surface area contributed by atoms with Crippen LogP contribution in [0.25, 0.3) is 118 Å². The van der Waals surface area contributed by atoms with Gasteiger partial charge in [-0.1, -0.05) is 159 Å². The van der Waals surface area contributed by atoms with Crippen molar-refractivity contribution >= 4 is 43.7 Å². The van der Waals surface area contributed by atoms with Crippen LogP contribution in [-0.2, 0) is 37.5 Å². The Morgan fingerprint density at radius 2 is 0.818 bits per heavy atom. The van der Waals surface area contributed by atoms with Crippen LogP contribution in [0.3, 0.4) is 0 Å². The van der Waals surface area contributed by atoms with Gasteiger partial charge in [0.2, 0.25) is 0 Å². The summed E-state index contributed by atoms with van der Waals surface area (Å²) in [5.41, 5.74) is 20.3. The molecule has 0 bridgehead atoms. The van der Waals surface area contributed by atoms with E-state index in [0.29, 0.717) is 34.9 Å². The number of nitrogens with zero attached hydrogens (tertiary/aromatic N) is 7. The van der Waals surface area contributed by atoms with Gasteiger partial charge in [-0.15, -0.1) is 0 Å². The van der Waals surface area contributed by atoms with Crippen LogP contribution in [0.5, 0.6) is 0 Å². The van der Waals surface area contributed by atoms with E-state index >= 15 is 0 Å². The fraction of sp³-hybridized carbons (Fsp3) is 0.325. The summed E-state index contributed by atoms with van der Waals surface area (Å²) in [5.74, 6) is 3.71. The number of fused-ring (bicyclic) bond motifs is 7. The zero-order chi connectivity index (χ0) is 61.1. The first-order valence-corrected chi connectivity index (χ1v) is 32.8. The van der Waals surface area contributed by atoms with Crippen molar-refractivity contribution in [3.8, 4) is 74.0 Å². The molecular weight excluding hydrogens is 1070 g/mol. The average molecular weight is 1160 g/mol. The number of hydrogen-bond donors (Lipinski definition) is 0. The maximum atomic E-state index is 6.87. The van der Waals surface area contributed by atoms with E-state index in [9.17, 15) is 0 Å². The van der Waals surface area contributed by atoms with Gasteiger partial charge in [0, 0.05) is 49.5 Å². The third kappa shape index (κ3) is 12.6. The van der Waals surface area contributed by atoms with Crippen LogP contribution in [-0.4, -0.2) is 34.5 Å². The van der Waals surface area contributed by atoms with Crippen LogP contribution in [0.15, 0.2) is 156 Å². The molecule has 0 saturated heterocycles. The normalized spacial score (nSPS) is 12.0. The van der Waals surface area contributed by atoms with Crippen LogP contribution in [0.2, 0.25) is 0 Å². The minimum absolute atomic E-state index is 0.116. The lowest BCUT2D eigenvalue weighted by Crippen LogP contribution is -2.12. The van der Waals surface area contributed by atoms with E-state index in [4.69, 9.17) is 34.3 Å². The van der Waals surface area contributed by atoms with E-state index in [1.54, 1.807) is 0 Å². The molecule has 12 aromatic rings. The van der Waals surface area contributed by atoms with Crippen molar-refractivity contribution in [2.75, 3.05) is 0 Å². The van der Waals surface area contributed by atoms with Crippen LogP contribution in [0.1, 0.15) is 164 Å². The molecule has 0 saturated carbocycles. The molecule has 446 valence electrons. The molecule has 4 aromatic heterocycles. The molecule has 0 aliphatic rings. The van der Waals surface area contributed by atoms with E-state index in [1.165, 1.54) is 44.5 Å². The number of hydrogen-bond acceptors (Lipinski definition) is 7. The Morgan fingerprint density at radius 1 is 0.375 bits per heavy atom. The summed E-state index contributed by atoms with van der Waals surface area (Å²) < 4.78 is 9.25. The molecule has 0 amide bonds. The van der Waals surface area contributed by atoms with E-state index < -0.39 is 0 Å². The fourth-order valence-corrected chi connectivity index (χ4v) is 12.8. The molecule has 88 heavy (non-hydrogen) atoms. The molecular formula is C80H85N7O. The number of furan rings is 1. The summed E-state index contributed by atoms with van der Waals surface area (Å²) >= 11 is 0. The van der Waals surface area contributed by atoms with Gasteiger partial charge in [0.15, 0.2) is 34.9 Å². The van der Waals surface area contributed by atoms with Crippen molar-refractivity contribution < 1.29 is 4.42 Å². The number of rotatable bonds is 22. The Balaban J connectivity index is 1.17. The lowest BCUT2D eigenvalue weighted by molar-refractivity contribution is 0.589. The summed E-state index contributed by atoms with van der Waals surface area (Å²) in [6.45, 7) is 22.6. The van der Waals surface area contributed by atoms with E-state index in [1.807, 2.05) is 6.07 Å². The second-order valence-electron chi connectivity index (χ2n) is 25.8. The molecule has 12 rings (SSSR count). The van der Waals surface area contributed by atoms with Gasteiger partial charge in [-0.25, -0.2) is 29.9 Å². The quantitative estimate of drug-likeness (QED) is 0.0667. The number of unbranched alkanes of at least 4 members (excludes halogenated alkanes) is 5. The SMILES string of the molecule is CCCCc1cc(C)cc(-c2nc(-c3cc(CCCC)cc(CCCC)c3)nc(-c3ccc(-n4c5ccccc5c5c6oc7ccccc7c6ccc54)c(-c4nc(-c5cc(C)cc(CCCC)c5)nc(-c5cc(CCCC)cc(C(C)(C)C)c5)n4)c3)n2)c1. The van der Waals surface area contributed by atoms with Crippen LogP contribution >= 0.6 is 0 Å². The number of aryl methyl sites for hydroxylation is 7. The smallest absolute Gasteiger partial charge is 0.166 e. The highest BCUT2D eigenvalue weighted by molar-refractivity contribution is 6.24. The summed E-state index contributed by atoms with van der Waals surface area (Å²) in [5, 5.41) is 4.33. The number of benzene rings is 8. The molecule has 0 unspecified atom stereocenters. The predicted molar refractivity (Wildman–Crippen MR) is 369 cm³/mol. The van der Waals surface area contributed by atoms with Crippen LogP contribution in [0, 0.1) is 13.8 Å². The minimum Gasteiger partial charge on any atom is -0.455 e.